The van der Waals surface area contributed by atoms with E-state index in [9.17, 15) is 4.79 Å². The highest BCUT2D eigenvalue weighted by atomic mass is 32.1. The van der Waals surface area contributed by atoms with Crippen molar-refractivity contribution >= 4 is 23.1 Å². The molecule has 1 saturated heterocycles. The van der Waals surface area contributed by atoms with Crippen molar-refractivity contribution in [2.75, 3.05) is 25.1 Å². The van der Waals surface area contributed by atoms with E-state index in [1.807, 2.05) is 36.6 Å². The molecule has 2 aromatic rings. The largest absolute Gasteiger partial charge is 0.381 e. The zero-order valence-electron chi connectivity index (χ0n) is 12.5. The summed E-state index contributed by atoms with van der Waals surface area (Å²) in [6.45, 7) is 4.17. The Morgan fingerprint density at radius 1 is 1.41 bits per heavy atom. The Kier molecular flexibility index (Phi) is 4.70. The van der Waals surface area contributed by atoms with Gasteiger partial charge in [0.1, 0.15) is 5.01 Å². The topological polar surface area (TPSA) is 63.2 Å². The highest BCUT2D eigenvalue weighted by Crippen LogP contribution is 2.24. The molecule has 0 bridgehead atoms. The second-order valence-corrected chi connectivity index (χ2v) is 6.29. The van der Waals surface area contributed by atoms with Gasteiger partial charge in [0.05, 0.1) is 6.61 Å². The third kappa shape index (κ3) is 3.84. The molecule has 116 valence electrons. The molecule has 1 aliphatic rings. The fourth-order valence-corrected chi connectivity index (χ4v) is 3.14. The van der Waals surface area contributed by atoms with E-state index in [4.69, 9.17) is 4.74 Å². The number of ether oxygens (including phenoxy) is 1. The van der Waals surface area contributed by atoms with Gasteiger partial charge in [-0.15, -0.1) is 11.3 Å². The highest BCUT2D eigenvalue weighted by molar-refractivity contribution is 7.13. The van der Waals surface area contributed by atoms with Crippen molar-refractivity contribution in [1.82, 2.24) is 10.3 Å². The summed E-state index contributed by atoms with van der Waals surface area (Å²) in [5.74, 6) is 0.432. The molecule has 0 aliphatic carbocycles. The van der Waals surface area contributed by atoms with Crippen molar-refractivity contribution in [3.8, 4) is 10.6 Å². The minimum atomic E-state index is -0.176. The minimum Gasteiger partial charge on any atom is -0.381 e. The zero-order valence-corrected chi connectivity index (χ0v) is 13.3. The van der Waals surface area contributed by atoms with Crippen LogP contribution in [0.3, 0.4) is 0 Å². The number of benzene rings is 1. The van der Waals surface area contributed by atoms with Gasteiger partial charge in [0, 0.05) is 41.4 Å². The third-order valence-electron chi connectivity index (χ3n) is 3.58. The Labute approximate surface area is 133 Å². The number of hydrogen-bond acceptors (Lipinski definition) is 4. The molecule has 6 heteroatoms. The molecule has 1 atom stereocenters. The smallest absolute Gasteiger partial charge is 0.319 e. The molecule has 3 rings (SSSR count). The predicted octanol–water partition coefficient (Wildman–Crippen LogP) is 3.28. The van der Waals surface area contributed by atoms with E-state index in [0.717, 1.165) is 41.6 Å². The fourth-order valence-electron chi connectivity index (χ4n) is 2.34. The Morgan fingerprint density at radius 3 is 2.86 bits per heavy atom. The van der Waals surface area contributed by atoms with Crippen molar-refractivity contribution in [2.45, 2.75) is 13.3 Å². The van der Waals surface area contributed by atoms with Crippen LogP contribution in [0.5, 0.6) is 0 Å². The molecule has 5 nitrogen and oxygen atoms in total. The maximum Gasteiger partial charge on any atom is 0.319 e. The number of carbonyl (C=O) groups excluding carboxylic acids is 1. The Bertz CT molecular complexity index is 633. The Morgan fingerprint density at radius 2 is 2.23 bits per heavy atom. The van der Waals surface area contributed by atoms with Gasteiger partial charge in [-0.25, -0.2) is 9.78 Å². The first-order chi connectivity index (χ1) is 10.7. The van der Waals surface area contributed by atoms with Crippen LogP contribution < -0.4 is 10.6 Å². The van der Waals surface area contributed by atoms with Gasteiger partial charge in [-0.3, -0.25) is 0 Å². The van der Waals surface area contributed by atoms with Gasteiger partial charge in [-0.05, 0) is 37.6 Å². The normalized spacial score (nSPS) is 17.4. The number of nitrogens with one attached hydrogen (secondary N) is 2. The van der Waals surface area contributed by atoms with Crippen molar-refractivity contribution < 1.29 is 9.53 Å². The molecule has 1 aliphatic heterocycles. The monoisotopic (exact) mass is 317 g/mol. The van der Waals surface area contributed by atoms with E-state index in [1.54, 1.807) is 11.3 Å². The van der Waals surface area contributed by atoms with Crippen LogP contribution in [0.2, 0.25) is 0 Å². The molecule has 22 heavy (non-hydrogen) atoms. The van der Waals surface area contributed by atoms with E-state index in [1.165, 1.54) is 0 Å². The van der Waals surface area contributed by atoms with Crippen LogP contribution in [-0.4, -0.2) is 30.8 Å². The van der Waals surface area contributed by atoms with Crippen molar-refractivity contribution in [1.29, 1.82) is 0 Å². The summed E-state index contributed by atoms with van der Waals surface area (Å²) in [5.41, 5.74) is 2.86. The second kappa shape index (κ2) is 6.89. The number of anilines is 1. The SMILES string of the molecule is Cc1csc(-c2ccc(NC(=O)NCC3CCOC3)cc2)n1. The second-order valence-electron chi connectivity index (χ2n) is 5.44. The summed E-state index contributed by atoms with van der Waals surface area (Å²) in [6.07, 6.45) is 1.02. The maximum absolute atomic E-state index is 11.9. The maximum atomic E-state index is 11.9. The highest BCUT2D eigenvalue weighted by Gasteiger charge is 2.16. The predicted molar refractivity (Wildman–Crippen MR) is 88.2 cm³/mol. The number of hydrogen-bond donors (Lipinski definition) is 2. The summed E-state index contributed by atoms with van der Waals surface area (Å²) < 4.78 is 5.29. The van der Waals surface area contributed by atoms with Gasteiger partial charge in [0.15, 0.2) is 0 Å². The summed E-state index contributed by atoms with van der Waals surface area (Å²) in [4.78, 5) is 16.3. The molecule has 1 aromatic carbocycles. The first-order valence-electron chi connectivity index (χ1n) is 7.36. The average molecular weight is 317 g/mol. The molecule has 1 unspecified atom stereocenters. The molecule has 0 radical (unpaired) electrons. The van der Waals surface area contributed by atoms with Gasteiger partial charge >= 0.3 is 6.03 Å². The van der Waals surface area contributed by atoms with Gasteiger partial charge in [0.25, 0.3) is 0 Å². The van der Waals surface area contributed by atoms with E-state index >= 15 is 0 Å². The lowest BCUT2D eigenvalue weighted by atomic mass is 10.1. The number of rotatable bonds is 4. The quantitative estimate of drug-likeness (QED) is 0.909. The molecule has 1 fully saturated rings. The molecular formula is C16H19N3O2S. The lowest BCUT2D eigenvalue weighted by Crippen LogP contribution is -2.33. The van der Waals surface area contributed by atoms with Crippen LogP contribution in [0.15, 0.2) is 29.6 Å². The molecule has 0 spiro atoms. The van der Waals surface area contributed by atoms with Crippen molar-refractivity contribution in [3.63, 3.8) is 0 Å². The van der Waals surface area contributed by atoms with Crippen LogP contribution in [-0.2, 0) is 4.74 Å². The number of aromatic nitrogens is 1. The number of nitrogens with zero attached hydrogens (tertiary/aromatic N) is 1. The first-order valence-corrected chi connectivity index (χ1v) is 8.24. The third-order valence-corrected chi connectivity index (χ3v) is 4.59. The van der Waals surface area contributed by atoms with Gasteiger partial charge in [0.2, 0.25) is 0 Å². The average Bonchev–Trinajstić information content (AvgIpc) is 3.17. The van der Waals surface area contributed by atoms with Gasteiger partial charge in [-0.2, -0.15) is 0 Å². The fraction of sp³-hybridized carbons (Fsp3) is 0.375. The molecule has 1 aromatic heterocycles. The first kappa shape index (κ1) is 15.0. The van der Waals surface area contributed by atoms with E-state index < -0.39 is 0 Å². The van der Waals surface area contributed by atoms with Gasteiger partial charge < -0.3 is 15.4 Å². The standard InChI is InChI=1S/C16H19N3O2S/c1-11-10-22-15(18-11)13-2-4-14(5-3-13)19-16(20)17-8-12-6-7-21-9-12/h2-5,10,12H,6-9H2,1H3,(H2,17,19,20). The van der Waals surface area contributed by atoms with E-state index in [0.29, 0.717) is 12.5 Å². The minimum absolute atomic E-state index is 0.176. The van der Waals surface area contributed by atoms with Crippen LogP contribution in [0.4, 0.5) is 10.5 Å². The van der Waals surface area contributed by atoms with Crippen molar-refractivity contribution in [2.24, 2.45) is 5.92 Å². The van der Waals surface area contributed by atoms with E-state index in [-0.39, 0.29) is 6.03 Å². The lowest BCUT2D eigenvalue weighted by Gasteiger charge is -2.11. The van der Waals surface area contributed by atoms with Crippen LogP contribution >= 0.6 is 11.3 Å². The number of urea groups is 1. The number of aryl methyl sites for hydroxylation is 1. The lowest BCUT2D eigenvalue weighted by molar-refractivity contribution is 0.185. The number of amides is 2. The number of carbonyl (C=O) groups is 1. The number of thiazole rings is 1. The summed E-state index contributed by atoms with van der Waals surface area (Å²) >= 11 is 1.62. The molecule has 2 amide bonds. The zero-order chi connectivity index (χ0) is 15.4. The molecule has 2 N–H and O–H groups in total. The van der Waals surface area contributed by atoms with Crippen LogP contribution in [0, 0.1) is 12.8 Å². The Hall–Kier alpha value is -1.92. The summed E-state index contributed by atoms with van der Waals surface area (Å²) in [6, 6.07) is 7.55. The van der Waals surface area contributed by atoms with E-state index in [2.05, 4.69) is 15.6 Å². The summed E-state index contributed by atoms with van der Waals surface area (Å²) in [7, 11) is 0. The summed E-state index contributed by atoms with van der Waals surface area (Å²) in [5, 5.41) is 8.75. The molecule has 0 saturated carbocycles. The van der Waals surface area contributed by atoms with Crippen molar-refractivity contribution in [3.05, 3.63) is 35.3 Å². The van der Waals surface area contributed by atoms with Crippen LogP contribution in [0.25, 0.3) is 10.6 Å². The molecule has 2 heterocycles. The Balaban J connectivity index is 1.53. The van der Waals surface area contributed by atoms with Gasteiger partial charge in [-0.1, -0.05) is 0 Å². The molecular weight excluding hydrogens is 298 g/mol. The van der Waals surface area contributed by atoms with Crippen LogP contribution in [0.1, 0.15) is 12.1 Å².